The predicted octanol–water partition coefficient (Wildman–Crippen LogP) is 1.98. The second-order valence-corrected chi connectivity index (χ2v) is 5.94. The van der Waals surface area contributed by atoms with Gasteiger partial charge in [0.05, 0.1) is 5.92 Å². The Hall–Kier alpha value is -0.910. The van der Waals surface area contributed by atoms with Crippen LogP contribution < -0.4 is 0 Å². The Balaban J connectivity index is 2.62. The molecular formula is C13H24N2O3S. The summed E-state index contributed by atoms with van der Waals surface area (Å²) in [5.41, 5.74) is 0. The summed E-state index contributed by atoms with van der Waals surface area (Å²) in [4.78, 5) is 26.9. The molecule has 1 aliphatic heterocycles. The van der Waals surface area contributed by atoms with Crippen molar-refractivity contribution >= 4 is 23.8 Å². The van der Waals surface area contributed by atoms with Crippen LogP contribution in [0.15, 0.2) is 0 Å². The highest BCUT2D eigenvalue weighted by Gasteiger charge is 2.31. The predicted molar refractivity (Wildman–Crippen MR) is 77.6 cm³/mol. The Labute approximate surface area is 119 Å². The smallest absolute Gasteiger partial charge is 0.320 e. The number of likely N-dealkylation sites (tertiary alicyclic amines) is 1. The summed E-state index contributed by atoms with van der Waals surface area (Å²) in [5, 5.41) is 9.06. The van der Waals surface area contributed by atoms with Crippen LogP contribution in [0.5, 0.6) is 0 Å². The zero-order chi connectivity index (χ0) is 14.4. The summed E-state index contributed by atoms with van der Waals surface area (Å²) in [6.45, 7) is 3.08. The van der Waals surface area contributed by atoms with Crippen LogP contribution in [0, 0.1) is 5.92 Å². The van der Waals surface area contributed by atoms with Crippen molar-refractivity contribution in [1.29, 1.82) is 0 Å². The lowest BCUT2D eigenvalue weighted by Crippen LogP contribution is -2.50. The SMILES string of the molecule is CCC(CSC)N(C)C(=O)N1CCCC(C(=O)O)C1. The molecule has 0 aromatic heterocycles. The van der Waals surface area contributed by atoms with Crippen molar-refractivity contribution in [1.82, 2.24) is 9.80 Å². The second kappa shape index (κ2) is 7.62. The monoisotopic (exact) mass is 288 g/mol. The first kappa shape index (κ1) is 16.1. The maximum Gasteiger partial charge on any atom is 0.320 e. The van der Waals surface area contributed by atoms with Crippen molar-refractivity contribution in [3.63, 3.8) is 0 Å². The first-order valence-electron chi connectivity index (χ1n) is 6.74. The molecule has 0 spiro atoms. The third kappa shape index (κ3) is 4.30. The highest BCUT2D eigenvalue weighted by molar-refractivity contribution is 7.98. The molecule has 1 aliphatic rings. The van der Waals surface area contributed by atoms with Gasteiger partial charge in [-0.25, -0.2) is 4.79 Å². The van der Waals surface area contributed by atoms with Crippen molar-refractivity contribution in [2.75, 3.05) is 32.1 Å². The molecule has 0 aromatic carbocycles. The minimum atomic E-state index is -0.795. The molecular weight excluding hydrogens is 264 g/mol. The van der Waals surface area contributed by atoms with Gasteiger partial charge in [0.25, 0.3) is 0 Å². The normalized spacial score (nSPS) is 21.0. The Bertz CT molecular complexity index is 325. The van der Waals surface area contributed by atoms with Gasteiger partial charge in [-0.1, -0.05) is 6.92 Å². The molecule has 1 saturated heterocycles. The van der Waals surface area contributed by atoms with E-state index in [2.05, 4.69) is 6.92 Å². The van der Waals surface area contributed by atoms with Gasteiger partial charge in [0, 0.05) is 31.9 Å². The first-order valence-corrected chi connectivity index (χ1v) is 8.14. The molecule has 2 unspecified atom stereocenters. The van der Waals surface area contributed by atoms with Gasteiger partial charge in [0.15, 0.2) is 0 Å². The van der Waals surface area contributed by atoms with Gasteiger partial charge in [-0.3, -0.25) is 4.79 Å². The summed E-state index contributed by atoms with van der Waals surface area (Å²) in [5.74, 6) is -0.294. The molecule has 0 radical (unpaired) electrons. The van der Waals surface area contributed by atoms with Crippen LogP contribution in [-0.2, 0) is 4.79 Å². The number of nitrogens with zero attached hydrogens (tertiary/aromatic N) is 2. The standard InChI is InChI=1S/C13H24N2O3S/c1-4-11(9-19-3)14(2)13(18)15-7-5-6-10(8-15)12(16)17/h10-11H,4-9H2,1-3H3,(H,16,17). The molecule has 110 valence electrons. The van der Waals surface area contributed by atoms with E-state index in [4.69, 9.17) is 5.11 Å². The Morgan fingerprint density at radius 1 is 1.53 bits per heavy atom. The lowest BCUT2D eigenvalue weighted by Gasteiger charge is -2.36. The summed E-state index contributed by atoms with van der Waals surface area (Å²) in [7, 11) is 1.82. The molecule has 0 aliphatic carbocycles. The van der Waals surface area contributed by atoms with E-state index in [1.165, 1.54) is 0 Å². The van der Waals surface area contributed by atoms with E-state index >= 15 is 0 Å². The van der Waals surface area contributed by atoms with Gasteiger partial charge in [0.2, 0.25) is 0 Å². The van der Waals surface area contributed by atoms with Gasteiger partial charge < -0.3 is 14.9 Å². The van der Waals surface area contributed by atoms with Crippen molar-refractivity contribution in [3.05, 3.63) is 0 Å². The summed E-state index contributed by atoms with van der Waals surface area (Å²) >= 11 is 1.73. The average molecular weight is 288 g/mol. The number of carboxylic acids is 1. The van der Waals surface area contributed by atoms with Crippen LogP contribution in [0.2, 0.25) is 0 Å². The van der Waals surface area contributed by atoms with E-state index in [1.807, 2.05) is 13.3 Å². The zero-order valence-electron chi connectivity index (χ0n) is 12.0. The van der Waals surface area contributed by atoms with E-state index in [9.17, 15) is 9.59 Å². The van der Waals surface area contributed by atoms with Crippen LogP contribution in [0.3, 0.4) is 0 Å². The molecule has 1 fully saturated rings. The molecule has 19 heavy (non-hydrogen) atoms. The maximum atomic E-state index is 12.4. The Morgan fingerprint density at radius 2 is 2.21 bits per heavy atom. The molecule has 6 heteroatoms. The third-order valence-electron chi connectivity index (χ3n) is 3.72. The van der Waals surface area contributed by atoms with Crippen LogP contribution in [0.4, 0.5) is 4.79 Å². The summed E-state index contributed by atoms with van der Waals surface area (Å²) in [6.07, 6.45) is 4.39. The van der Waals surface area contributed by atoms with Gasteiger partial charge in [0.1, 0.15) is 0 Å². The van der Waals surface area contributed by atoms with E-state index < -0.39 is 11.9 Å². The van der Waals surface area contributed by atoms with E-state index in [0.717, 1.165) is 18.6 Å². The molecule has 0 aromatic rings. The largest absolute Gasteiger partial charge is 0.481 e. The number of amides is 2. The molecule has 0 bridgehead atoms. The van der Waals surface area contributed by atoms with Crippen LogP contribution in [0.1, 0.15) is 26.2 Å². The number of hydrogen-bond donors (Lipinski definition) is 1. The number of carboxylic acid groups (broad SMARTS) is 1. The number of rotatable bonds is 5. The number of thioether (sulfide) groups is 1. The van der Waals surface area contributed by atoms with E-state index in [-0.39, 0.29) is 12.1 Å². The van der Waals surface area contributed by atoms with Crippen LogP contribution in [-0.4, -0.2) is 65.1 Å². The molecule has 2 amide bonds. The molecule has 1 heterocycles. The van der Waals surface area contributed by atoms with Crippen molar-refractivity contribution in [2.45, 2.75) is 32.2 Å². The van der Waals surface area contributed by atoms with Crippen molar-refractivity contribution in [2.24, 2.45) is 5.92 Å². The number of carbonyl (C=O) groups excluding carboxylic acids is 1. The maximum absolute atomic E-state index is 12.4. The third-order valence-corrected chi connectivity index (χ3v) is 4.44. The molecule has 1 rings (SSSR count). The summed E-state index contributed by atoms with van der Waals surface area (Å²) in [6, 6.07) is 0.180. The number of piperidine rings is 1. The highest BCUT2D eigenvalue weighted by atomic mass is 32.2. The van der Waals surface area contributed by atoms with Gasteiger partial charge in [-0.15, -0.1) is 0 Å². The Morgan fingerprint density at radius 3 is 2.74 bits per heavy atom. The second-order valence-electron chi connectivity index (χ2n) is 5.03. The van der Waals surface area contributed by atoms with E-state index in [0.29, 0.717) is 19.5 Å². The quantitative estimate of drug-likeness (QED) is 0.840. The minimum absolute atomic E-state index is 0.0353. The molecule has 1 N–H and O–H groups in total. The van der Waals surface area contributed by atoms with Crippen LogP contribution in [0.25, 0.3) is 0 Å². The fourth-order valence-corrected chi connectivity index (χ4v) is 3.27. The summed E-state index contributed by atoms with van der Waals surface area (Å²) < 4.78 is 0. The molecule has 5 nitrogen and oxygen atoms in total. The van der Waals surface area contributed by atoms with Crippen molar-refractivity contribution in [3.8, 4) is 0 Å². The van der Waals surface area contributed by atoms with E-state index in [1.54, 1.807) is 21.6 Å². The lowest BCUT2D eigenvalue weighted by atomic mass is 9.98. The topological polar surface area (TPSA) is 60.9 Å². The fourth-order valence-electron chi connectivity index (χ4n) is 2.43. The fraction of sp³-hybridized carbons (Fsp3) is 0.846. The zero-order valence-corrected chi connectivity index (χ0v) is 12.8. The minimum Gasteiger partial charge on any atom is -0.481 e. The lowest BCUT2D eigenvalue weighted by molar-refractivity contribution is -0.143. The highest BCUT2D eigenvalue weighted by Crippen LogP contribution is 2.19. The van der Waals surface area contributed by atoms with Gasteiger partial charge in [-0.2, -0.15) is 11.8 Å². The number of hydrogen-bond acceptors (Lipinski definition) is 3. The number of urea groups is 1. The van der Waals surface area contributed by atoms with Crippen molar-refractivity contribution < 1.29 is 14.7 Å². The van der Waals surface area contributed by atoms with Gasteiger partial charge >= 0.3 is 12.0 Å². The number of aliphatic carboxylic acids is 1. The Kier molecular flexibility index (Phi) is 6.48. The molecule has 2 atom stereocenters. The average Bonchev–Trinajstić information content (AvgIpc) is 2.43. The van der Waals surface area contributed by atoms with Gasteiger partial charge in [-0.05, 0) is 25.5 Å². The number of carbonyl (C=O) groups is 2. The molecule has 0 saturated carbocycles. The van der Waals surface area contributed by atoms with Crippen LogP contribution >= 0.6 is 11.8 Å². The first-order chi connectivity index (χ1) is 9.01.